The van der Waals surface area contributed by atoms with Crippen molar-refractivity contribution < 1.29 is 28.8 Å². The van der Waals surface area contributed by atoms with Crippen LogP contribution < -0.4 is 0 Å². The fourth-order valence-corrected chi connectivity index (χ4v) is 4.83. The molecule has 0 amide bonds. The second kappa shape index (κ2) is 7.71. The third kappa shape index (κ3) is 3.38. The lowest BCUT2D eigenvalue weighted by Gasteiger charge is -2.65. The zero-order valence-corrected chi connectivity index (χ0v) is 17.3. The number of hydrogen-bond donors (Lipinski definition) is 1. The standard InChI is InChI=1S/C24H28O6/c1-3-24(25)21-19(26-14-16-10-6-4-7-11-16)18-20(22(24)30-23(2,28-18)29-21)27-15-17-12-8-5-9-13-17/h4-13,18-22,25H,3,14-15H2,1-2H3/t18?,19-,20+,21+,22-,23?,24?. The molecule has 2 aromatic carbocycles. The highest BCUT2D eigenvalue weighted by atomic mass is 16.9. The molecule has 30 heavy (non-hydrogen) atoms. The van der Waals surface area contributed by atoms with Crippen LogP contribution >= 0.6 is 0 Å². The molecule has 4 bridgehead atoms. The fraction of sp³-hybridized carbons (Fsp3) is 0.500. The first-order valence-electron chi connectivity index (χ1n) is 10.6. The van der Waals surface area contributed by atoms with E-state index in [0.717, 1.165) is 11.1 Å². The number of aliphatic hydroxyl groups is 1. The fourth-order valence-electron chi connectivity index (χ4n) is 4.83. The summed E-state index contributed by atoms with van der Waals surface area (Å²) in [6.45, 7) is 4.48. The monoisotopic (exact) mass is 412 g/mol. The summed E-state index contributed by atoms with van der Waals surface area (Å²) in [7, 11) is 0. The van der Waals surface area contributed by atoms with E-state index in [1.807, 2.05) is 67.6 Å². The second-order valence-corrected chi connectivity index (χ2v) is 8.39. The van der Waals surface area contributed by atoms with Crippen LogP contribution in [-0.2, 0) is 36.9 Å². The maximum Gasteiger partial charge on any atom is 0.281 e. The van der Waals surface area contributed by atoms with Gasteiger partial charge in [0.1, 0.15) is 36.1 Å². The van der Waals surface area contributed by atoms with Gasteiger partial charge in [-0.15, -0.1) is 0 Å². The molecule has 6 rings (SSSR count). The molecule has 160 valence electrons. The molecule has 3 saturated heterocycles. The molecule has 0 aromatic heterocycles. The van der Waals surface area contributed by atoms with E-state index >= 15 is 0 Å². The Morgan fingerprint density at radius 3 is 1.70 bits per heavy atom. The minimum atomic E-state index is -1.22. The summed E-state index contributed by atoms with van der Waals surface area (Å²) in [4.78, 5) is 0. The predicted octanol–water partition coefficient (Wildman–Crippen LogP) is 3.17. The molecule has 4 fully saturated rings. The van der Waals surface area contributed by atoms with Gasteiger partial charge < -0.3 is 28.8 Å². The van der Waals surface area contributed by atoms with Crippen LogP contribution in [0.15, 0.2) is 60.7 Å². The highest BCUT2D eigenvalue weighted by Gasteiger charge is 2.72. The van der Waals surface area contributed by atoms with Crippen molar-refractivity contribution in [3.05, 3.63) is 71.8 Å². The van der Waals surface area contributed by atoms with Crippen LogP contribution in [0.25, 0.3) is 0 Å². The molecule has 3 aliphatic heterocycles. The quantitative estimate of drug-likeness (QED) is 0.754. The summed E-state index contributed by atoms with van der Waals surface area (Å²) in [6, 6.07) is 19.9. The van der Waals surface area contributed by atoms with Crippen molar-refractivity contribution in [2.45, 2.75) is 75.6 Å². The normalized spacial score (nSPS) is 39.4. The summed E-state index contributed by atoms with van der Waals surface area (Å²) in [6.07, 6.45) is -1.97. The Balaban J connectivity index is 1.41. The number of benzene rings is 2. The van der Waals surface area contributed by atoms with Crippen molar-refractivity contribution in [2.75, 3.05) is 0 Å². The van der Waals surface area contributed by atoms with Crippen molar-refractivity contribution >= 4 is 0 Å². The largest absolute Gasteiger partial charge is 0.384 e. The van der Waals surface area contributed by atoms with E-state index in [4.69, 9.17) is 23.7 Å². The van der Waals surface area contributed by atoms with Crippen LogP contribution in [0.1, 0.15) is 31.4 Å². The Kier molecular flexibility index (Phi) is 5.17. The van der Waals surface area contributed by atoms with E-state index in [2.05, 4.69) is 0 Å². The van der Waals surface area contributed by atoms with Gasteiger partial charge in [-0.3, -0.25) is 0 Å². The summed E-state index contributed by atoms with van der Waals surface area (Å²) in [5.74, 6) is -1.19. The van der Waals surface area contributed by atoms with Crippen molar-refractivity contribution in [1.29, 1.82) is 0 Å². The Hall–Kier alpha value is -1.80. The third-order valence-corrected chi connectivity index (χ3v) is 6.40. The minimum Gasteiger partial charge on any atom is -0.384 e. The molecule has 1 N–H and O–H groups in total. The zero-order valence-electron chi connectivity index (χ0n) is 17.3. The lowest BCUT2D eigenvalue weighted by Crippen LogP contribution is -2.83. The Morgan fingerprint density at radius 1 is 0.800 bits per heavy atom. The maximum absolute atomic E-state index is 11.6. The van der Waals surface area contributed by atoms with Crippen molar-refractivity contribution in [2.24, 2.45) is 0 Å². The number of rotatable bonds is 7. The van der Waals surface area contributed by atoms with Crippen LogP contribution in [0.2, 0.25) is 0 Å². The molecular formula is C24H28O6. The zero-order chi connectivity index (χ0) is 20.8. The van der Waals surface area contributed by atoms with Gasteiger partial charge in [0.2, 0.25) is 0 Å². The van der Waals surface area contributed by atoms with Gasteiger partial charge in [0.25, 0.3) is 5.97 Å². The molecular weight excluding hydrogens is 384 g/mol. The van der Waals surface area contributed by atoms with Crippen molar-refractivity contribution in [1.82, 2.24) is 0 Å². The molecule has 3 heterocycles. The van der Waals surface area contributed by atoms with Gasteiger partial charge in [-0.2, -0.15) is 0 Å². The molecule has 7 atom stereocenters. The lowest BCUT2D eigenvalue weighted by molar-refractivity contribution is -0.551. The third-order valence-electron chi connectivity index (χ3n) is 6.40. The molecule has 6 nitrogen and oxygen atoms in total. The average Bonchev–Trinajstić information content (AvgIpc) is 2.77. The van der Waals surface area contributed by atoms with E-state index in [0.29, 0.717) is 19.6 Å². The molecule has 1 aliphatic carbocycles. The van der Waals surface area contributed by atoms with Crippen LogP contribution in [0.4, 0.5) is 0 Å². The average molecular weight is 412 g/mol. The van der Waals surface area contributed by atoms with Gasteiger partial charge in [-0.1, -0.05) is 67.6 Å². The van der Waals surface area contributed by atoms with E-state index in [-0.39, 0.29) is 0 Å². The van der Waals surface area contributed by atoms with E-state index in [1.165, 1.54) is 0 Å². The molecule has 2 aromatic rings. The van der Waals surface area contributed by atoms with E-state index in [1.54, 1.807) is 6.92 Å². The molecule has 3 unspecified atom stereocenters. The van der Waals surface area contributed by atoms with Gasteiger partial charge in [-0.25, -0.2) is 0 Å². The van der Waals surface area contributed by atoms with Crippen LogP contribution in [0.5, 0.6) is 0 Å². The van der Waals surface area contributed by atoms with Crippen molar-refractivity contribution in [3.63, 3.8) is 0 Å². The number of hydrogen-bond acceptors (Lipinski definition) is 6. The summed E-state index contributed by atoms with van der Waals surface area (Å²) < 4.78 is 30.8. The van der Waals surface area contributed by atoms with Crippen LogP contribution in [0.3, 0.4) is 0 Å². The van der Waals surface area contributed by atoms with Gasteiger partial charge in [0, 0.05) is 6.92 Å². The Labute approximate surface area is 176 Å². The van der Waals surface area contributed by atoms with Crippen LogP contribution in [-0.4, -0.2) is 47.2 Å². The van der Waals surface area contributed by atoms with Gasteiger partial charge in [0.15, 0.2) is 0 Å². The number of ether oxygens (including phenoxy) is 5. The summed E-state index contributed by atoms with van der Waals surface area (Å²) >= 11 is 0. The second-order valence-electron chi connectivity index (χ2n) is 8.39. The van der Waals surface area contributed by atoms with Gasteiger partial charge >= 0.3 is 0 Å². The molecule has 4 aliphatic rings. The first-order chi connectivity index (χ1) is 14.5. The molecule has 6 heteroatoms. The van der Waals surface area contributed by atoms with Crippen molar-refractivity contribution in [3.8, 4) is 0 Å². The SMILES string of the molecule is CCC1(O)[C@@H]2OC3(C)OC([C@@H](OCc4ccccc4)[C@@H]1O3)[C@@H]2OCc1ccccc1. The predicted molar refractivity (Wildman–Crippen MR) is 108 cm³/mol. The van der Waals surface area contributed by atoms with E-state index in [9.17, 15) is 5.11 Å². The summed E-state index contributed by atoms with van der Waals surface area (Å²) in [5.41, 5.74) is 0.883. The van der Waals surface area contributed by atoms with Gasteiger partial charge in [-0.05, 0) is 17.5 Å². The highest BCUT2D eigenvalue weighted by molar-refractivity contribution is 5.18. The van der Waals surface area contributed by atoms with Gasteiger partial charge in [0.05, 0.1) is 13.2 Å². The first kappa shape index (κ1) is 20.1. The van der Waals surface area contributed by atoms with Crippen LogP contribution in [0, 0.1) is 0 Å². The molecule has 1 saturated carbocycles. The van der Waals surface area contributed by atoms with E-state index < -0.39 is 42.1 Å². The smallest absolute Gasteiger partial charge is 0.281 e. The highest BCUT2D eigenvalue weighted by Crippen LogP contribution is 2.52. The first-order valence-corrected chi connectivity index (χ1v) is 10.6. The summed E-state index contributed by atoms with van der Waals surface area (Å²) in [5, 5.41) is 11.6. The topological polar surface area (TPSA) is 66.4 Å². The molecule has 0 spiro atoms. The Bertz CT molecular complexity index is 795. The maximum atomic E-state index is 11.6. The lowest BCUT2D eigenvalue weighted by atomic mass is 9.71. The minimum absolute atomic E-state index is 0.397. The Morgan fingerprint density at radius 2 is 1.27 bits per heavy atom. The molecule has 0 radical (unpaired) electrons.